The zero-order valence-electron chi connectivity index (χ0n) is 12.9. The average Bonchev–Trinajstić information content (AvgIpc) is 2.56. The highest BCUT2D eigenvalue weighted by atomic mass is 16.2. The molecule has 1 aliphatic rings. The third-order valence-electron chi connectivity index (χ3n) is 4.18. The average molecular weight is 295 g/mol. The summed E-state index contributed by atoms with van der Waals surface area (Å²) in [5, 5.41) is 0. The molecule has 0 aliphatic carbocycles. The quantitative estimate of drug-likeness (QED) is 0.873. The first-order valence-corrected chi connectivity index (χ1v) is 7.67. The number of hydrogen-bond donors (Lipinski definition) is 0. The van der Waals surface area contributed by atoms with E-state index in [9.17, 15) is 4.79 Å². The molecule has 1 aliphatic heterocycles. The highest BCUT2D eigenvalue weighted by Gasteiger charge is 2.29. The van der Waals surface area contributed by atoms with Gasteiger partial charge in [0.05, 0.1) is 6.04 Å². The predicted molar refractivity (Wildman–Crippen MR) is 86.1 cm³/mol. The smallest absolute Gasteiger partial charge is 0.220 e. The van der Waals surface area contributed by atoms with Crippen LogP contribution in [0.15, 0.2) is 54.9 Å². The summed E-state index contributed by atoms with van der Waals surface area (Å²) in [6.45, 7) is 5.07. The van der Waals surface area contributed by atoms with Gasteiger partial charge >= 0.3 is 0 Å². The molecule has 1 fully saturated rings. The fraction of sp³-hybridized carbons (Fsp3) is 0.333. The number of hydrogen-bond acceptors (Lipinski definition) is 3. The molecule has 4 heteroatoms. The van der Waals surface area contributed by atoms with Crippen molar-refractivity contribution in [3.05, 3.63) is 66.0 Å². The molecule has 2 heterocycles. The third kappa shape index (κ3) is 3.34. The van der Waals surface area contributed by atoms with Crippen LogP contribution in [0.2, 0.25) is 0 Å². The Morgan fingerprint density at radius 2 is 2.00 bits per heavy atom. The van der Waals surface area contributed by atoms with E-state index in [1.807, 2.05) is 35.4 Å². The summed E-state index contributed by atoms with van der Waals surface area (Å²) in [6, 6.07) is 14.5. The van der Waals surface area contributed by atoms with Crippen molar-refractivity contribution in [1.29, 1.82) is 0 Å². The summed E-state index contributed by atoms with van der Waals surface area (Å²) >= 11 is 0. The molecule has 3 rings (SSSR count). The molecule has 0 N–H and O–H groups in total. The van der Waals surface area contributed by atoms with Crippen molar-refractivity contribution in [2.45, 2.75) is 19.5 Å². The van der Waals surface area contributed by atoms with Crippen LogP contribution in [0.4, 0.5) is 0 Å². The van der Waals surface area contributed by atoms with Crippen LogP contribution < -0.4 is 0 Å². The lowest BCUT2D eigenvalue weighted by molar-refractivity contribution is -0.134. The Morgan fingerprint density at radius 1 is 1.18 bits per heavy atom. The number of piperazine rings is 1. The molecule has 1 aromatic carbocycles. The summed E-state index contributed by atoms with van der Waals surface area (Å²) in [5.74, 6) is 0.148. The molecule has 0 bridgehead atoms. The van der Waals surface area contributed by atoms with Gasteiger partial charge in [0.25, 0.3) is 0 Å². The summed E-state index contributed by atoms with van der Waals surface area (Å²) in [6.07, 6.45) is 3.71. The van der Waals surface area contributed by atoms with Crippen LogP contribution >= 0.6 is 0 Å². The van der Waals surface area contributed by atoms with Crippen LogP contribution in [0.1, 0.15) is 24.1 Å². The first-order chi connectivity index (χ1) is 10.7. The highest BCUT2D eigenvalue weighted by Crippen LogP contribution is 2.26. The number of carbonyl (C=O) groups is 1. The molecule has 4 nitrogen and oxygen atoms in total. The van der Waals surface area contributed by atoms with Crippen molar-refractivity contribution in [1.82, 2.24) is 14.8 Å². The standard InChI is InChI=1S/C18H21N3O/c1-15(22)21-11-10-20(13-16-6-5-9-19-12-16)14-18(21)17-7-3-2-4-8-17/h2-9,12,18H,10-11,13-14H2,1H3. The van der Waals surface area contributed by atoms with E-state index in [1.54, 1.807) is 13.1 Å². The van der Waals surface area contributed by atoms with Gasteiger partial charge < -0.3 is 4.90 Å². The van der Waals surface area contributed by atoms with Gasteiger partial charge in [-0.2, -0.15) is 0 Å². The highest BCUT2D eigenvalue weighted by molar-refractivity contribution is 5.74. The second-order valence-corrected chi connectivity index (χ2v) is 5.74. The lowest BCUT2D eigenvalue weighted by Crippen LogP contribution is -2.49. The topological polar surface area (TPSA) is 36.4 Å². The van der Waals surface area contributed by atoms with Crippen LogP contribution in [0, 0.1) is 0 Å². The van der Waals surface area contributed by atoms with Crippen molar-refractivity contribution in [2.75, 3.05) is 19.6 Å². The second-order valence-electron chi connectivity index (χ2n) is 5.74. The van der Waals surface area contributed by atoms with Crippen LogP contribution in [0.3, 0.4) is 0 Å². The van der Waals surface area contributed by atoms with Gasteiger partial charge in [-0.15, -0.1) is 0 Å². The molecule has 1 amide bonds. The Labute approximate surface area is 131 Å². The lowest BCUT2D eigenvalue weighted by Gasteiger charge is -2.41. The van der Waals surface area contributed by atoms with E-state index >= 15 is 0 Å². The van der Waals surface area contributed by atoms with E-state index in [2.05, 4.69) is 28.1 Å². The molecule has 1 saturated heterocycles. The van der Waals surface area contributed by atoms with Gasteiger partial charge in [0.2, 0.25) is 5.91 Å². The number of amides is 1. The SMILES string of the molecule is CC(=O)N1CCN(Cc2cccnc2)CC1c1ccccc1. The van der Waals surface area contributed by atoms with Gasteiger partial charge in [-0.3, -0.25) is 14.7 Å². The van der Waals surface area contributed by atoms with Gasteiger partial charge in [-0.25, -0.2) is 0 Å². The van der Waals surface area contributed by atoms with Crippen LogP contribution in [-0.4, -0.2) is 40.3 Å². The molecule has 0 radical (unpaired) electrons. The Morgan fingerprint density at radius 3 is 2.68 bits per heavy atom. The van der Waals surface area contributed by atoms with E-state index in [4.69, 9.17) is 0 Å². The van der Waals surface area contributed by atoms with Crippen molar-refractivity contribution in [3.63, 3.8) is 0 Å². The summed E-state index contributed by atoms with van der Waals surface area (Å²) in [5.41, 5.74) is 2.42. The van der Waals surface area contributed by atoms with E-state index in [1.165, 1.54) is 11.1 Å². The van der Waals surface area contributed by atoms with Crippen molar-refractivity contribution in [3.8, 4) is 0 Å². The molecule has 0 spiro atoms. The molecule has 1 unspecified atom stereocenters. The van der Waals surface area contributed by atoms with Crippen LogP contribution in [0.5, 0.6) is 0 Å². The maximum absolute atomic E-state index is 11.9. The number of nitrogens with zero attached hydrogens (tertiary/aromatic N) is 3. The minimum absolute atomic E-state index is 0.129. The first kappa shape index (κ1) is 14.7. The molecule has 114 valence electrons. The summed E-state index contributed by atoms with van der Waals surface area (Å²) < 4.78 is 0. The normalized spacial score (nSPS) is 19.1. The molecule has 22 heavy (non-hydrogen) atoms. The predicted octanol–water partition coefficient (Wildman–Crippen LogP) is 2.49. The van der Waals surface area contributed by atoms with Crippen LogP contribution in [-0.2, 0) is 11.3 Å². The van der Waals surface area contributed by atoms with Crippen molar-refractivity contribution in [2.24, 2.45) is 0 Å². The molecule has 2 aromatic rings. The molecule has 0 saturated carbocycles. The Balaban J connectivity index is 1.77. The van der Waals surface area contributed by atoms with Crippen LogP contribution in [0.25, 0.3) is 0 Å². The number of pyridine rings is 1. The Kier molecular flexibility index (Phi) is 4.49. The fourth-order valence-electron chi connectivity index (χ4n) is 3.07. The summed E-state index contributed by atoms with van der Waals surface area (Å²) in [7, 11) is 0. The third-order valence-corrected chi connectivity index (χ3v) is 4.18. The van der Waals surface area contributed by atoms with Gasteiger partial charge in [-0.05, 0) is 17.2 Å². The fourth-order valence-corrected chi connectivity index (χ4v) is 3.07. The van der Waals surface area contributed by atoms with E-state index in [0.29, 0.717) is 0 Å². The summed E-state index contributed by atoms with van der Waals surface area (Å²) in [4.78, 5) is 20.5. The minimum atomic E-state index is 0.129. The maximum atomic E-state index is 11.9. The first-order valence-electron chi connectivity index (χ1n) is 7.67. The number of benzene rings is 1. The number of carbonyl (C=O) groups excluding carboxylic acids is 1. The lowest BCUT2D eigenvalue weighted by atomic mass is 10.0. The minimum Gasteiger partial charge on any atom is -0.333 e. The Bertz CT molecular complexity index is 615. The molecular weight excluding hydrogens is 274 g/mol. The van der Waals surface area contributed by atoms with Gasteiger partial charge in [0.1, 0.15) is 0 Å². The second kappa shape index (κ2) is 6.71. The molecule has 1 aromatic heterocycles. The van der Waals surface area contributed by atoms with E-state index < -0.39 is 0 Å². The molecular formula is C18H21N3O. The van der Waals surface area contributed by atoms with Crippen molar-refractivity contribution >= 4 is 5.91 Å². The molecule has 1 atom stereocenters. The largest absolute Gasteiger partial charge is 0.333 e. The number of aromatic nitrogens is 1. The monoisotopic (exact) mass is 295 g/mol. The zero-order valence-corrected chi connectivity index (χ0v) is 12.9. The van der Waals surface area contributed by atoms with Crippen molar-refractivity contribution < 1.29 is 4.79 Å². The van der Waals surface area contributed by atoms with E-state index in [-0.39, 0.29) is 11.9 Å². The van der Waals surface area contributed by atoms with Gasteiger partial charge in [0, 0.05) is 45.5 Å². The van der Waals surface area contributed by atoms with Gasteiger partial charge in [-0.1, -0.05) is 36.4 Å². The van der Waals surface area contributed by atoms with Gasteiger partial charge in [0.15, 0.2) is 0 Å². The Hall–Kier alpha value is -2.20. The number of rotatable bonds is 3. The maximum Gasteiger partial charge on any atom is 0.220 e. The van der Waals surface area contributed by atoms with E-state index in [0.717, 1.165) is 26.2 Å². The zero-order chi connectivity index (χ0) is 15.4.